The lowest BCUT2D eigenvalue weighted by Gasteiger charge is -2.34. The van der Waals surface area contributed by atoms with Gasteiger partial charge in [0, 0.05) is 6.54 Å². The molecular weight excluding hydrogens is 230 g/mol. The molecule has 1 atom stereocenters. The van der Waals surface area contributed by atoms with E-state index in [1.165, 1.54) is 25.3 Å². The van der Waals surface area contributed by atoms with Crippen molar-refractivity contribution in [2.24, 2.45) is 5.92 Å². The third kappa shape index (κ3) is 2.75. The Kier molecular flexibility index (Phi) is 4.07. The van der Waals surface area contributed by atoms with Gasteiger partial charge >= 0.3 is 5.97 Å². The molecule has 0 aliphatic heterocycles. The van der Waals surface area contributed by atoms with E-state index in [1.807, 2.05) is 0 Å². The van der Waals surface area contributed by atoms with E-state index in [0.717, 1.165) is 24.8 Å². The van der Waals surface area contributed by atoms with Gasteiger partial charge in [0.2, 0.25) is 5.76 Å². The average Bonchev–Trinajstić information content (AvgIpc) is 2.76. The van der Waals surface area contributed by atoms with Gasteiger partial charge in [0.1, 0.15) is 5.76 Å². The lowest BCUT2D eigenvalue weighted by molar-refractivity contribution is 0.0653. The maximum Gasteiger partial charge on any atom is 0.371 e. The van der Waals surface area contributed by atoms with Crippen molar-refractivity contribution in [2.75, 3.05) is 13.1 Å². The molecule has 1 heterocycles. The number of furan rings is 1. The Bertz CT molecular complexity index is 409. The van der Waals surface area contributed by atoms with Gasteiger partial charge in [-0.1, -0.05) is 13.3 Å². The highest BCUT2D eigenvalue weighted by Gasteiger charge is 2.25. The molecule has 0 radical (unpaired) electrons. The third-order valence-corrected chi connectivity index (χ3v) is 3.92. The van der Waals surface area contributed by atoms with E-state index in [4.69, 9.17) is 9.52 Å². The molecule has 1 aromatic rings. The first-order valence-electron chi connectivity index (χ1n) is 6.69. The van der Waals surface area contributed by atoms with Crippen molar-refractivity contribution >= 4 is 5.97 Å². The zero-order chi connectivity index (χ0) is 13.1. The molecule has 0 amide bonds. The summed E-state index contributed by atoms with van der Waals surface area (Å²) in [6.07, 6.45) is 3.99. The highest BCUT2D eigenvalue weighted by molar-refractivity contribution is 5.84. The van der Waals surface area contributed by atoms with Gasteiger partial charge in [-0.15, -0.1) is 0 Å². The Labute approximate surface area is 108 Å². The molecule has 1 N–H and O–H groups in total. The fraction of sp³-hybridized carbons (Fsp3) is 0.643. The van der Waals surface area contributed by atoms with Crippen LogP contribution in [0.4, 0.5) is 0 Å². The Morgan fingerprint density at radius 2 is 2.28 bits per heavy atom. The van der Waals surface area contributed by atoms with Crippen LogP contribution in [0.2, 0.25) is 0 Å². The molecule has 0 saturated heterocycles. The van der Waals surface area contributed by atoms with Gasteiger partial charge in [-0.2, -0.15) is 0 Å². The second-order valence-electron chi connectivity index (χ2n) is 5.07. The van der Waals surface area contributed by atoms with Crippen LogP contribution in [0.1, 0.15) is 55.5 Å². The van der Waals surface area contributed by atoms with Crippen molar-refractivity contribution in [3.8, 4) is 0 Å². The van der Waals surface area contributed by atoms with Crippen molar-refractivity contribution in [1.82, 2.24) is 4.90 Å². The largest absolute Gasteiger partial charge is 0.475 e. The first-order chi connectivity index (χ1) is 8.61. The molecule has 1 unspecified atom stereocenters. The summed E-state index contributed by atoms with van der Waals surface area (Å²) < 4.78 is 5.38. The number of rotatable bonds is 6. The van der Waals surface area contributed by atoms with Crippen LogP contribution in [0, 0.1) is 5.92 Å². The number of nitrogens with zero attached hydrogens (tertiary/aromatic N) is 1. The van der Waals surface area contributed by atoms with Crippen LogP contribution < -0.4 is 0 Å². The second-order valence-corrected chi connectivity index (χ2v) is 5.07. The van der Waals surface area contributed by atoms with Crippen LogP contribution >= 0.6 is 0 Å². The standard InChI is InChI=1S/C14H21NO3/c1-3-15(9-11-5-4-6-11)10(2)12-7-8-13(18-12)14(16)17/h7-8,10-11H,3-6,9H2,1-2H3,(H,16,17). The second kappa shape index (κ2) is 5.57. The van der Waals surface area contributed by atoms with Crippen molar-refractivity contribution in [3.05, 3.63) is 23.7 Å². The SMILES string of the molecule is CCN(CC1CCC1)C(C)c1ccc(C(=O)O)o1. The molecule has 0 spiro atoms. The third-order valence-electron chi connectivity index (χ3n) is 3.92. The van der Waals surface area contributed by atoms with Crippen molar-refractivity contribution < 1.29 is 14.3 Å². The number of hydrogen-bond donors (Lipinski definition) is 1. The molecule has 100 valence electrons. The van der Waals surface area contributed by atoms with Gasteiger partial charge < -0.3 is 9.52 Å². The molecule has 18 heavy (non-hydrogen) atoms. The van der Waals surface area contributed by atoms with Crippen LogP contribution in [0.5, 0.6) is 0 Å². The summed E-state index contributed by atoms with van der Waals surface area (Å²) in [4.78, 5) is 13.2. The molecule has 0 bridgehead atoms. The summed E-state index contributed by atoms with van der Waals surface area (Å²) in [7, 11) is 0. The van der Waals surface area contributed by atoms with E-state index in [9.17, 15) is 4.79 Å². The number of carboxylic acids is 1. The predicted octanol–water partition coefficient (Wildman–Crippen LogP) is 3.16. The molecular formula is C14H21NO3. The molecule has 1 fully saturated rings. The summed E-state index contributed by atoms with van der Waals surface area (Å²) in [5.41, 5.74) is 0. The minimum Gasteiger partial charge on any atom is -0.475 e. The summed E-state index contributed by atoms with van der Waals surface area (Å²) in [6.45, 7) is 6.25. The molecule has 4 nitrogen and oxygen atoms in total. The number of hydrogen-bond acceptors (Lipinski definition) is 3. The predicted molar refractivity (Wildman–Crippen MR) is 68.7 cm³/mol. The van der Waals surface area contributed by atoms with Gasteiger partial charge in [-0.05, 0) is 44.4 Å². The summed E-state index contributed by atoms with van der Waals surface area (Å²) >= 11 is 0. The van der Waals surface area contributed by atoms with Crippen molar-refractivity contribution in [1.29, 1.82) is 0 Å². The molecule has 1 aliphatic rings. The fourth-order valence-electron chi connectivity index (χ4n) is 2.44. The zero-order valence-electron chi connectivity index (χ0n) is 11.1. The van der Waals surface area contributed by atoms with Crippen LogP contribution in [-0.2, 0) is 0 Å². The van der Waals surface area contributed by atoms with Crippen molar-refractivity contribution in [2.45, 2.75) is 39.2 Å². The molecule has 1 saturated carbocycles. The summed E-state index contributed by atoms with van der Waals surface area (Å²) in [5, 5.41) is 8.86. The number of aromatic carboxylic acids is 1. The Morgan fingerprint density at radius 3 is 2.72 bits per heavy atom. The smallest absolute Gasteiger partial charge is 0.371 e. The Balaban J connectivity index is 2.01. The average molecular weight is 251 g/mol. The van der Waals surface area contributed by atoms with Crippen LogP contribution in [0.15, 0.2) is 16.5 Å². The van der Waals surface area contributed by atoms with Crippen LogP contribution in [0.3, 0.4) is 0 Å². The molecule has 1 aromatic heterocycles. The van der Waals surface area contributed by atoms with E-state index < -0.39 is 5.97 Å². The molecule has 4 heteroatoms. The first-order valence-corrected chi connectivity index (χ1v) is 6.69. The highest BCUT2D eigenvalue weighted by atomic mass is 16.4. The maximum atomic E-state index is 10.8. The van der Waals surface area contributed by atoms with Crippen LogP contribution in [0.25, 0.3) is 0 Å². The minimum absolute atomic E-state index is 0.0246. The topological polar surface area (TPSA) is 53.7 Å². The van der Waals surface area contributed by atoms with Gasteiger partial charge in [-0.25, -0.2) is 4.79 Å². The van der Waals surface area contributed by atoms with Gasteiger partial charge in [0.05, 0.1) is 6.04 Å². The summed E-state index contributed by atoms with van der Waals surface area (Å²) in [5.74, 6) is 0.571. The monoisotopic (exact) mass is 251 g/mol. The normalized spacial score (nSPS) is 17.7. The van der Waals surface area contributed by atoms with Crippen molar-refractivity contribution in [3.63, 3.8) is 0 Å². The Hall–Kier alpha value is -1.29. The van der Waals surface area contributed by atoms with E-state index in [0.29, 0.717) is 0 Å². The van der Waals surface area contributed by atoms with Gasteiger partial charge in [0.15, 0.2) is 0 Å². The maximum absolute atomic E-state index is 10.8. The van der Waals surface area contributed by atoms with Gasteiger partial charge in [-0.3, -0.25) is 4.90 Å². The highest BCUT2D eigenvalue weighted by Crippen LogP contribution is 2.30. The Morgan fingerprint density at radius 1 is 1.56 bits per heavy atom. The lowest BCUT2D eigenvalue weighted by atomic mass is 9.85. The number of carbonyl (C=O) groups is 1. The fourth-order valence-corrected chi connectivity index (χ4v) is 2.44. The van der Waals surface area contributed by atoms with Crippen LogP contribution in [-0.4, -0.2) is 29.1 Å². The molecule has 2 rings (SSSR count). The summed E-state index contributed by atoms with van der Waals surface area (Å²) in [6, 6.07) is 3.45. The van der Waals surface area contributed by atoms with E-state index in [-0.39, 0.29) is 11.8 Å². The van der Waals surface area contributed by atoms with Gasteiger partial charge in [0.25, 0.3) is 0 Å². The van der Waals surface area contributed by atoms with E-state index in [1.54, 1.807) is 6.07 Å². The van der Waals surface area contributed by atoms with E-state index >= 15 is 0 Å². The zero-order valence-corrected chi connectivity index (χ0v) is 11.1. The number of carboxylic acid groups (broad SMARTS) is 1. The minimum atomic E-state index is -1.00. The quantitative estimate of drug-likeness (QED) is 0.843. The lowest BCUT2D eigenvalue weighted by Crippen LogP contribution is -2.34. The van der Waals surface area contributed by atoms with E-state index in [2.05, 4.69) is 18.7 Å². The molecule has 0 aromatic carbocycles. The molecule has 1 aliphatic carbocycles. The first kappa shape index (κ1) is 13.1.